The third-order valence-electron chi connectivity index (χ3n) is 5.60. The van der Waals surface area contributed by atoms with E-state index in [1.165, 1.54) is 36.9 Å². The molecule has 6 rings (SSSR count). The first-order valence-electron chi connectivity index (χ1n) is 10.2. The Bertz CT molecular complexity index is 1150. The summed E-state index contributed by atoms with van der Waals surface area (Å²) in [5.41, 5.74) is 4.45. The molecule has 2 fully saturated rings. The largest absolute Gasteiger partial charge is 0.345 e. The molecule has 29 heavy (non-hydrogen) atoms. The van der Waals surface area contributed by atoms with Crippen molar-refractivity contribution in [2.75, 3.05) is 10.2 Å². The molecule has 3 heterocycles. The minimum atomic E-state index is 0.493. The quantitative estimate of drug-likeness (QED) is 0.446. The molecule has 4 aromatic rings. The monoisotopic (exact) mass is 386 g/mol. The maximum absolute atomic E-state index is 4.78. The molecule has 2 aliphatic carbocycles. The van der Waals surface area contributed by atoms with Crippen molar-refractivity contribution in [1.29, 1.82) is 0 Å². The summed E-state index contributed by atoms with van der Waals surface area (Å²) in [5, 5.41) is 10.8. The van der Waals surface area contributed by atoms with Crippen LogP contribution in [0.4, 0.5) is 17.6 Å². The number of aromatic nitrogens is 6. The van der Waals surface area contributed by atoms with Crippen molar-refractivity contribution in [1.82, 2.24) is 30.1 Å². The summed E-state index contributed by atoms with van der Waals surface area (Å²) < 4.78 is 0. The number of aromatic amines is 2. The average molecular weight is 386 g/mol. The molecular weight excluding hydrogens is 364 g/mol. The lowest BCUT2D eigenvalue weighted by atomic mass is 10.2. The van der Waals surface area contributed by atoms with Gasteiger partial charge < -0.3 is 15.2 Å². The lowest BCUT2D eigenvalue weighted by Crippen LogP contribution is -2.27. The van der Waals surface area contributed by atoms with Crippen LogP contribution in [0.1, 0.15) is 42.9 Å². The van der Waals surface area contributed by atoms with Crippen molar-refractivity contribution in [3.8, 4) is 0 Å². The zero-order valence-electron chi connectivity index (χ0n) is 16.0. The summed E-state index contributed by atoms with van der Waals surface area (Å²) in [7, 11) is 0. The second kappa shape index (κ2) is 6.58. The van der Waals surface area contributed by atoms with Crippen LogP contribution in [0.2, 0.25) is 0 Å². The van der Waals surface area contributed by atoms with E-state index in [4.69, 9.17) is 4.98 Å². The molecule has 1 aromatic carbocycles. The Morgan fingerprint density at radius 2 is 1.97 bits per heavy atom. The van der Waals surface area contributed by atoms with Crippen molar-refractivity contribution in [3.63, 3.8) is 0 Å². The Labute approximate surface area is 167 Å². The molecule has 2 aliphatic rings. The number of anilines is 3. The van der Waals surface area contributed by atoms with Crippen LogP contribution in [0.3, 0.4) is 0 Å². The van der Waals surface area contributed by atoms with E-state index >= 15 is 0 Å². The SMILES string of the molecule is c1cc(Nc2cc(C3CC3)[nH]n2)nc(N(Cc2ccc3[nH]cnc3c2)C2CC2)n1. The van der Waals surface area contributed by atoms with Gasteiger partial charge in [-0.05, 0) is 49.4 Å². The second-order valence-corrected chi connectivity index (χ2v) is 7.96. The number of nitrogens with zero attached hydrogens (tertiary/aromatic N) is 5. The lowest BCUT2D eigenvalue weighted by Gasteiger charge is -2.22. The van der Waals surface area contributed by atoms with Crippen LogP contribution in [0, 0.1) is 0 Å². The van der Waals surface area contributed by atoms with E-state index in [0.29, 0.717) is 12.0 Å². The Kier molecular flexibility index (Phi) is 3.75. The summed E-state index contributed by atoms with van der Waals surface area (Å²) in [4.78, 5) is 19.1. The van der Waals surface area contributed by atoms with Crippen molar-refractivity contribution in [2.24, 2.45) is 0 Å². The van der Waals surface area contributed by atoms with Crippen molar-refractivity contribution in [3.05, 3.63) is 54.1 Å². The van der Waals surface area contributed by atoms with Crippen LogP contribution in [0.25, 0.3) is 11.0 Å². The molecule has 3 aromatic heterocycles. The fourth-order valence-corrected chi connectivity index (χ4v) is 3.71. The molecule has 146 valence electrons. The number of hydrogen-bond acceptors (Lipinski definition) is 6. The first-order valence-corrected chi connectivity index (χ1v) is 10.2. The third kappa shape index (κ3) is 3.41. The third-order valence-corrected chi connectivity index (χ3v) is 5.60. The summed E-state index contributed by atoms with van der Waals surface area (Å²) >= 11 is 0. The minimum Gasteiger partial charge on any atom is -0.345 e. The Hall–Kier alpha value is -3.42. The van der Waals surface area contributed by atoms with E-state index in [0.717, 1.165) is 35.2 Å². The highest BCUT2D eigenvalue weighted by molar-refractivity contribution is 5.75. The van der Waals surface area contributed by atoms with Crippen molar-refractivity contribution < 1.29 is 0 Å². The minimum absolute atomic E-state index is 0.493. The van der Waals surface area contributed by atoms with E-state index in [2.05, 4.69) is 59.6 Å². The zero-order chi connectivity index (χ0) is 19.2. The number of imidazole rings is 1. The summed E-state index contributed by atoms with van der Waals surface area (Å²) in [6.45, 7) is 0.769. The van der Waals surface area contributed by atoms with Crippen LogP contribution in [0.5, 0.6) is 0 Å². The number of H-pyrrole nitrogens is 2. The van der Waals surface area contributed by atoms with Gasteiger partial charge in [-0.1, -0.05) is 6.07 Å². The number of fused-ring (bicyclic) bond motifs is 1. The molecule has 0 aliphatic heterocycles. The van der Waals surface area contributed by atoms with Gasteiger partial charge in [0, 0.05) is 36.5 Å². The average Bonchev–Trinajstić information content (AvgIpc) is 3.67. The molecule has 0 atom stereocenters. The van der Waals surface area contributed by atoms with Gasteiger partial charge in [0.1, 0.15) is 5.82 Å². The van der Waals surface area contributed by atoms with Gasteiger partial charge >= 0.3 is 0 Å². The Morgan fingerprint density at radius 3 is 2.83 bits per heavy atom. The molecule has 0 saturated heterocycles. The smallest absolute Gasteiger partial charge is 0.227 e. The van der Waals surface area contributed by atoms with Gasteiger partial charge in [-0.3, -0.25) is 5.10 Å². The molecule has 0 spiro atoms. The predicted octanol–water partition coefficient (Wildman–Crippen LogP) is 3.87. The molecule has 8 heteroatoms. The zero-order valence-corrected chi connectivity index (χ0v) is 16.0. The van der Waals surface area contributed by atoms with Crippen LogP contribution >= 0.6 is 0 Å². The van der Waals surface area contributed by atoms with E-state index < -0.39 is 0 Å². The van der Waals surface area contributed by atoms with Crippen molar-refractivity contribution >= 4 is 28.6 Å². The van der Waals surface area contributed by atoms with Crippen LogP contribution in [0.15, 0.2) is 42.9 Å². The number of rotatable bonds is 7. The first kappa shape index (κ1) is 16.5. The van der Waals surface area contributed by atoms with Gasteiger partial charge in [-0.25, -0.2) is 9.97 Å². The second-order valence-electron chi connectivity index (χ2n) is 7.96. The molecule has 0 unspecified atom stereocenters. The van der Waals surface area contributed by atoms with Crippen molar-refractivity contribution in [2.45, 2.75) is 44.2 Å². The Morgan fingerprint density at radius 1 is 1.03 bits per heavy atom. The molecule has 8 nitrogen and oxygen atoms in total. The number of benzene rings is 1. The molecular formula is C21H22N8. The van der Waals surface area contributed by atoms with Gasteiger partial charge in [0.2, 0.25) is 5.95 Å². The Balaban J connectivity index is 1.24. The first-order chi connectivity index (χ1) is 14.3. The van der Waals surface area contributed by atoms with Gasteiger partial charge in [0.15, 0.2) is 5.82 Å². The topological polar surface area (TPSA) is 98.4 Å². The van der Waals surface area contributed by atoms with E-state index in [9.17, 15) is 0 Å². The highest BCUT2D eigenvalue weighted by Gasteiger charge is 2.31. The fourth-order valence-electron chi connectivity index (χ4n) is 3.71. The fraction of sp³-hybridized carbons (Fsp3) is 0.333. The molecule has 0 amide bonds. The molecule has 3 N–H and O–H groups in total. The standard InChI is InChI=1S/C21H22N8/c1-6-16-18(24-12-23-16)9-13(1)11-29(15-4-5-15)21-22-8-7-19(26-21)25-20-10-17(27-28-20)14-2-3-14/h1,6-10,12,14-15H,2-5,11H2,(H,23,24)(H2,22,25,26,27,28). The summed E-state index contributed by atoms with van der Waals surface area (Å²) in [5.74, 6) is 2.96. The van der Waals surface area contributed by atoms with E-state index in [-0.39, 0.29) is 0 Å². The summed E-state index contributed by atoms with van der Waals surface area (Å²) in [6, 6.07) is 10.8. The summed E-state index contributed by atoms with van der Waals surface area (Å²) in [6.07, 6.45) is 8.39. The van der Waals surface area contributed by atoms with Crippen LogP contribution in [-0.2, 0) is 6.54 Å². The molecule has 0 bridgehead atoms. The van der Waals surface area contributed by atoms with E-state index in [1.807, 2.05) is 12.3 Å². The van der Waals surface area contributed by atoms with Crippen LogP contribution < -0.4 is 10.2 Å². The van der Waals surface area contributed by atoms with E-state index in [1.54, 1.807) is 6.33 Å². The van der Waals surface area contributed by atoms with Gasteiger partial charge in [-0.2, -0.15) is 10.1 Å². The molecule has 2 saturated carbocycles. The normalized spacial score (nSPS) is 16.3. The number of hydrogen-bond donors (Lipinski definition) is 3. The van der Waals surface area contributed by atoms with Gasteiger partial charge in [-0.15, -0.1) is 0 Å². The van der Waals surface area contributed by atoms with Gasteiger partial charge in [0.25, 0.3) is 0 Å². The maximum Gasteiger partial charge on any atom is 0.227 e. The molecule has 0 radical (unpaired) electrons. The highest BCUT2D eigenvalue weighted by Crippen LogP contribution is 2.39. The number of nitrogens with one attached hydrogen (secondary N) is 3. The van der Waals surface area contributed by atoms with Crippen LogP contribution in [-0.4, -0.2) is 36.2 Å². The predicted molar refractivity (Wildman–Crippen MR) is 111 cm³/mol. The van der Waals surface area contributed by atoms with Gasteiger partial charge in [0.05, 0.1) is 17.4 Å². The highest BCUT2D eigenvalue weighted by atomic mass is 15.3. The maximum atomic E-state index is 4.78. The lowest BCUT2D eigenvalue weighted by molar-refractivity contribution is 0.760.